The summed E-state index contributed by atoms with van der Waals surface area (Å²) in [6, 6.07) is 22.8. The molecule has 0 bridgehead atoms. The largest absolute Gasteiger partial charge is 1.00 e. The Bertz CT molecular complexity index is 984. The zero-order valence-corrected chi connectivity index (χ0v) is 14.8. The molecule has 0 aliphatic heterocycles. The lowest BCUT2D eigenvalue weighted by molar-refractivity contribution is -0.510. The van der Waals surface area contributed by atoms with Crippen LogP contribution in [0, 0.1) is 0 Å². The second kappa shape index (κ2) is 6.89. The first-order valence-electron chi connectivity index (χ1n) is 7.57. The van der Waals surface area contributed by atoms with Crippen LogP contribution in [-0.4, -0.2) is 7.11 Å². The predicted octanol–water partition coefficient (Wildman–Crippen LogP) is 1.33. The van der Waals surface area contributed by atoms with E-state index in [-0.39, 0.29) is 17.0 Å². The molecule has 0 saturated carbocycles. The zero-order valence-electron chi connectivity index (χ0n) is 13.2. The van der Waals surface area contributed by atoms with Crippen molar-refractivity contribution < 1.29 is 26.1 Å². The summed E-state index contributed by atoms with van der Waals surface area (Å²) in [6.07, 6.45) is 4.22. The molecule has 0 fully saturated rings. The van der Waals surface area contributed by atoms with Crippen molar-refractivity contribution in [2.24, 2.45) is 0 Å². The molecule has 0 saturated heterocycles. The molecule has 0 aliphatic rings. The summed E-state index contributed by atoms with van der Waals surface area (Å²) in [6.45, 7) is 0. The maximum absolute atomic E-state index is 5.19. The standard InChI is InChI=1S/C20H16N2O.BrH/c1-23-20-9-7-17(8-10-20)21-18-6-5-15-14-22-11-3-2-4-19(22)13-16(15)12-18;/h2-14H,1H3;1H. The number of rotatable bonds is 3. The number of nitrogens with zero attached hydrogens (tertiary/aromatic N) is 1. The van der Waals surface area contributed by atoms with Gasteiger partial charge in [-0.2, -0.15) is 4.40 Å². The topological polar surface area (TPSA) is 25.4 Å². The molecular formula is C20H17BrN2O. The fourth-order valence-corrected chi connectivity index (χ4v) is 2.75. The highest BCUT2D eigenvalue weighted by Gasteiger charge is 2.05. The molecule has 0 amide bonds. The monoisotopic (exact) mass is 380 g/mol. The maximum Gasteiger partial charge on any atom is 0.211 e. The molecule has 2 heterocycles. The van der Waals surface area contributed by atoms with E-state index in [1.807, 2.05) is 30.3 Å². The van der Waals surface area contributed by atoms with Crippen molar-refractivity contribution in [3.8, 4) is 5.75 Å². The van der Waals surface area contributed by atoms with Gasteiger partial charge in [0.25, 0.3) is 0 Å². The number of halogens is 1. The minimum Gasteiger partial charge on any atom is -1.00 e. The summed E-state index contributed by atoms with van der Waals surface area (Å²) in [5.74, 6) is 0.859. The van der Waals surface area contributed by atoms with Gasteiger partial charge in [0.15, 0.2) is 12.4 Å². The van der Waals surface area contributed by atoms with Crippen molar-refractivity contribution in [1.82, 2.24) is 0 Å². The van der Waals surface area contributed by atoms with Gasteiger partial charge in [-0.1, -0.05) is 0 Å². The molecule has 4 heteroatoms. The van der Waals surface area contributed by atoms with Gasteiger partial charge in [0.05, 0.1) is 7.11 Å². The van der Waals surface area contributed by atoms with Gasteiger partial charge < -0.3 is 27.0 Å². The molecule has 1 N–H and O–H groups in total. The van der Waals surface area contributed by atoms with Crippen molar-refractivity contribution in [3.63, 3.8) is 0 Å². The first kappa shape index (κ1) is 16.3. The molecule has 0 unspecified atom stereocenters. The summed E-state index contributed by atoms with van der Waals surface area (Å²) in [4.78, 5) is 0. The fourth-order valence-electron chi connectivity index (χ4n) is 2.75. The normalized spacial score (nSPS) is 10.4. The summed E-state index contributed by atoms with van der Waals surface area (Å²) >= 11 is 0. The summed E-state index contributed by atoms with van der Waals surface area (Å²) < 4.78 is 7.33. The second-order valence-electron chi connectivity index (χ2n) is 5.50. The molecular weight excluding hydrogens is 364 g/mol. The lowest BCUT2D eigenvalue weighted by atomic mass is 10.1. The Labute approximate surface area is 151 Å². The molecule has 0 radical (unpaired) electrons. The highest BCUT2D eigenvalue weighted by molar-refractivity contribution is 5.87. The molecule has 0 atom stereocenters. The third-order valence-corrected chi connectivity index (χ3v) is 3.97. The van der Waals surface area contributed by atoms with Crippen molar-refractivity contribution in [3.05, 3.63) is 79.1 Å². The van der Waals surface area contributed by atoms with Crippen molar-refractivity contribution >= 4 is 27.7 Å². The minimum atomic E-state index is 0. The third-order valence-electron chi connectivity index (χ3n) is 3.97. The van der Waals surface area contributed by atoms with Crippen molar-refractivity contribution in [1.29, 1.82) is 0 Å². The average molecular weight is 381 g/mol. The Balaban J connectivity index is 0.00000169. The van der Waals surface area contributed by atoms with Crippen LogP contribution in [0.3, 0.4) is 0 Å². The summed E-state index contributed by atoms with van der Waals surface area (Å²) in [7, 11) is 1.67. The molecule has 24 heavy (non-hydrogen) atoms. The number of hydrogen-bond acceptors (Lipinski definition) is 2. The van der Waals surface area contributed by atoms with Crippen LogP contribution in [0.25, 0.3) is 16.3 Å². The van der Waals surface area contributed by atoms with Crippen LogP contribution >= 0.6 is 0 Å². The SMILES string of the molecule is COc1ccc(Nc2ccc3c[n+]4ccccc4cc3c2)cc1.[Br-]. The van der Waals surface area contributed by atoms with Gasteiger partial charge in [-0.25, -0.2) is 0 Å². The molecule has 4 aromatic rings. The van der Waals surface area contributed by atoms with Crippen LogP contribution in [0.15, 0.2) is 79.1 Å². The van der Waals surface area contributed by atoms with Crippen LogP contribution in [0.2, 0.25) is 0 Å². The van der Waals surface area contributed by atoms with Crippen LogP contribution < -0.4 is 31.4 Å². The van der Waals surface area contributed by atoms with Crippen molar-refractivity contribution in [2.75, 3.05) is 12.4 Å². The zero-order chi connectivity index (χ0) is 15.6. The lowest BCUT2D eigenvalue weighted by Crippen LogP contribution is -3.00. The first-order chi connectivity index (χ1) is 11.3. The highest BCUT2D eigenvalue weighted by Crippen LogP contribution is 2.23. The highest BCUT2D eigenvalue weighted by atomic mass is 79.9. The third kappa shape index (κ3) is 3.19. The molecule has 2 aromatic carbocycles. The number of ether oxygens (including phenoxy) is 1. The Morgan fingerprint density at radius 1 is 0.833 bits per heavy atom. The Kier molecular flexibility index (Phi) is 4.67. The second-order valence-corrected chi connectivity index (χ2v) is 5.50. The number of fused-ring (bicyclic) bond motifs is 2. The van der Waals surface area contributed by atoms with E-state index in [0.717, 1.165) is 17.1 Å². The van der Waals surface area contributed by atoms with Gasteiger partial charge in [0.1, 0.15) is 5.75 Å². The number of anilines is 2. The van der Waals surface area contributed by atoms with E-state index in [1.165, 1.54) is 16.3 Å². The van der Waals surface area contributed by atoms with Crippen LogP contribution in [0.1, 0.15) is 0 Å². The molecule has 0 aliphatic carbocycles. The van der Waals surface area contributed by atoms with E-state index in [1.54, 1.807) is 7.11 Å². The smallest absolute Gasteiger partial charge is 0.211 e. The van der Waals surface area contributed by atoms with Crippen molar-refractivity contribution in [2.45, 2.75) is 0 Å². The summed E-state index contributed by atoms with van der Waals surface area (Å²) in [5.41, 5.74) is 3.30. The summed E-state index contributed by atoms with van der Waals surface area (Å²) in [5, 5.41) is 5.87. The maximum atomic E-state index is 5.19. The van der Waals surface area contributed by atoms with Gasteiger partial charge in [-0.15, -0.1) is 0 Å². The van der Waals surface area contributed by atoms with Gasteiger partial charge in [-0.3, -0.25) is 0 Å². The number of aromatic nitrogens is 1. The molecule has 0 spiro atoms. The van der Waals surface area contributed by atoms with Gasteiger partial charge in [0.2, 0.25) is 5.52 Å². The predicted molar refractivity (Wildman–Crippen MR) is 93.4 cm³/mol. The van der Waals surface area contributed by atoms with E-state index in [0.29, 0.717) is 0 Å². The fraction of sp³-hybridized carbons (Fsp3) is 0.0500. The lowest BCUT2D eigenvalue weighted by Gasteiger charge is -2.08. The van der Waals surface area contributed by atoms with Gasteiger partial charge in [-0.05, 0) is 53.9 Å². The van der Waals surface area contributed by atoms with E-state index in [2.05, 4.69) is 58.5 Å². The van der Waals surface area contributed by atoms with E-state index < -0.39 is 0 Å². The van der Waals surface area contributed by atoms with E-state index >= 15 is 0 Å². The van der Waals surface area contributed by atoms with Gasteiger partial charge in [0, 0.05) is 35.0 Å². The Morgan fingerprint density at radius 2 is 1.62 bits per heavy atom. The molecule has 120 valence electrons. The molecule has 3 nitrogen and oxygen atoms in total. The number of methoxy groups -OCH3 is 1. The minimum absolute atomic E-state index is 0. The van der Waals surface area contributed by atoms with Crippen LogP contribution in [0.5, 0.6) is 5.75 Å². The molecule has 2 aromatic heterocycles. The van der Waals surface area contributed by atoms with Crippen LogP contribution in [-0.2, 0) is 0 Å². The average Bonchev–Trinajstić information content (AvgIpc) is 2.60. The van der Waals surface area contributed by atoms with Gasteiger partial charge >= 0.3 is 0 Å². The Morgan fingerprint density at radius 3 is 2.42 bits per heavy atom. The number of benzene rings is 2. The number of nitrogens with one attached hydrogen (secondary N) is 1. The van der Waals surface area contributed by atoms with Crippen LogP contribution in [0.4, 0.5) is 11.4 Å². The number of pyridine rings is 2. The number of hydrogen-bond donors (Lipinski definition) is 1. The first-order valence-corrected chi connectivity index (χ1v) is 7.57. The van der Waals surface area contributed by atoms with E-state index in [4.69, 9.17) is 4.74 Å². The quantitative estimate of drug-likeness (QED) is 0.428. The van der Waals surface area contributed by atoms with E-state index in [9.17, 15) is 0 Å². The molecule has 4 rings (SSSR count). The Hall–Kier alpha value is -2.59.